The predicted octanol–water partition coefficient (Wildman–Crippen LogP) is 1.85. The molecule has 0 aromatic carbocycles. The number of methoxy groups -OCH3 is 1. The Kier molecular flexibility index (Phi) is 6.82. The Morgan fingerprint density at radius 3 is 2.11 bits per heavy atom. The van der Waals surface area contributed by atoms with Crippen LogP contribution in [0.1, 0.15) is 41.0 Å². The van der Waals surface area contributed by atoms with E-state index < -0.39 is 14.6 Å². The van der Waals surface area contributed by atoms with Crippen LogP contribution in [-0.2, 0) is 14.6 Å². The van der Waals surface area contributed by atoms with E-state index in [1.54, 1.807) is 27.9 Å². The average Bonchev–Trinajstić information content (AvgIpc) is 2.20. The van der Waals surface area contributed by atoms with Crippen LogP contribution in [-0.4, -0.2) is 45.7 Å². The SMILES string of the molecule is COCCC(C)(C)CNCCS(=O)(=O)C(C)(C)C. The average molecular weight is 279 g/mol. The van der Waals surface area contributed by atoms with E-state index in [1.165, 1.54) is 0 Å². The zero-order chi connectivity index (χ0) is 14.4. The molecule has 0 heterocycles. The van der Waals surface area contributed by atoms with Gasteiger partial charge in [0, 0.05) is 26.8 Å². The number of sulfone groups is 1. The van der Waals surface area contributed by atoms with Crippen LogP contribution in [0, 0.1) is 5.41 Å². The molecule has 0 aliphatic heterocycles. The molecule has 0 saturated heterocycles. The highest BCUT2D eigenvalue weighted by atomic mass is 32.2. The van der Waals surface area contributed by atoms with Gasteiger partial charge in [-0.25, -0.2) is 8.42 Å². The summed E-state index contributed by atoms with van der Waals surface area (Å²) in [5.74, 6) is 0.191. The minimum absolute atomic E-state index is 0.126. The molecule has 0 aliphatic rings. The largest absolute Gasteiger partial charge is 0.385 e. The number of nitrogens with one attached hydrogen (secondary N) is 1. The van der Waals surface area contributed by atoms with Crippen molar-refractivity contribution >= 4 is 9.84 Å². The van der Waals surface area contributed by atoms with Gasteiger partial charge in [0.15, 0.2) is 9.84 Å². The van der Waals surface area contributed by atoms with Gasteiger partial charge in [-0.3, -0.25) is 0 Å². The molecule has 0 spiro atoms. The van der Waals surface area contributed by atoms with Crippen LogP contribution in [0.4, 0.5) is 0 Å². The fourth-order valence-corrected chi connectivity index (χ4v) is 2.43. The van der Waals surface area contributed by atoms with Crippen LogP contribution in [0.5, 0.6) is 0 Å². The first-order valence-electron chi connectivity index (χ1n) is 6.44. The van der Waals surface area contributed by atoms with E-state index in [0.717, 1.165) is 19.6 Å². The molecule has 0 aromatic rings. The maximum Gasteiger partial charge on any atom is 0.156 e. The van der Waals surface area contributed by atoms with Crippen LogP contribution in [0.3, 0.4) is 0 Å². The topological polar surface area (TPSA) is 55.4 Å². The lowest BCUT2D eigenvalue weighted by Gasteiger charge is -2.25. The lowest BCUT2D eigenvalue weighted by molar-refractivity contribution is 0.151. The Morgan fingerprint density at radius 2 is 1.67 bits per heavy atom. The third kappa shape index (κ3) is 6.71. The van der Waals surface area contributed by atoms with E-state index in [9.17, 15) is 8.42 Å². The summed E-state index contributed by atoms with van der Waals surface area (Å²) in [7, 11) is -1.33. The zero-order valence-electron chi connectivity index (χ0n) is 12.7. The summed E-state index contributed by atoms with van der Waals surface area (Å²) < 4.78 is 28.2. The molecular formula is C13H29NO3S. The van der Waals surface area contributed by atoms with Crippen LogP contribution >= 0.6 is 0 Å². The van der Waals surface area contributed by atoms with Crippen molar-refractivity contribution in [1.29, 1.82) is 0 Å². The van der Waals surface area contributed by atoms with Crippen molar-refractivity contribution in [3.8, 4) is 0 Å². The minimum Gasteiger partial charge on any atom is -0.385 e. The summed E-state index contributed by atoms with van der Waals surface area (Å²) in [5.41, 5.74) is 0.126. The number of rotatable bonds is 8. The highest BCUT2D eigenvalue weighted by Gasteiger charge is 2.28. The molecule has 0 fully saturated rings. The predicted molar refractivity (Wildman–Crippen MR) is 76.7 cm³/mol. The van der Waals surface area contributed by atoms with Crippen molar-refractivity contribution in [2.24, 2.45) is 5.41 Å². The molecule has 0 saturated carbocycles. The molecule has 1 N–H and O–H groups in total. The van der Waals surface area contributed by atoms with Crippen LogP contribution in [0.15, 0.2) is 0 Å². The van der Waals surface area contributed by atoms with Gasteiger partial charge in [0.05, 0.1) is 10.5 Å². The molecule has 0 rings (SSSR count). The van der Waals surface area contributed by atoms with Crippen molar-refractivity contribution in [3.05, 3.63) is 0 Å². The van der Waals surface area contributed by atoms with Crippen molar-refractivity contribution in [2.45, 2.75) is 45.8 Å². The summed E-state index contributed by atoms with van der Waals surface area (Å²) in [4.78, 5) is 0. The van der Waals surface area contributed by atoms with Crippen molar-refractivity contribution in [3.63, 3.8) is 0 Å². The molecule has 0 aliphatic carbocycles. The van der Waals surface area contributed by atoms with Gasteiger partial charge in [-0.1, -0.05) is 13.8 Å². The Hall–Kier alpha value is -0.130. The smallest absolute Gasteiger partial charge is 0.156 e. The van der Waals surface area contributed by atoms with Gasteiger partial charge >= 0.3 is 0 Å². The first kappa shape index (κ1) is 17.9. The summed E-state index contributed by atoms with van der Waals surface area (Å²) in [6, 6.07) is 0. The summed E-state index contributed by atoms with van der Waals surface area (Å²) in [6.07, 6.45) is 0.961. The maximum atomic E-state index is 11.9. The Morgan fingerprint density at radius 1 is 1.11 bits per heavy atom. The van der Waals surface area contributed by atoms with E-state index in [-0.39, 0.29) is 11.2 Å². The Bertz CT molecular complexity index is 329. The molecule has 18 heavy (non-hydrogen) atoms. The summed E-state index contributed by atoms with van der Waals surface area (Å²) in [6.45, 7) is 11.6. The maximum absolute atomic E-state index is 11.9. The van der Waals surface area contributed by atoms with Crippen LogP contribution in [0.25, 0.3) is 0 Å². The van der Waals surface area contributed by atoms with Gasteiger partial charge in [0.2, 0.25) is 0 Å². The lowest BCUT2D eigenvalue weighted by Crippen LogP contribution is -2.37. The Labute approximate surface area is 112 Å². The fourth-order valence-electron chi connectivity index (χ4n) is 1.41. The highest BCUT2D eigenvalue weighted by molar-refractivity contribution is 7.92. The van der Waals surface area contributed by atoms with E-state index >= 15 is 0 Å². The van der Waals surface area contributed by atoms with Gasteiger partial charge in [-0.2, -0.15) is 0 Å². The third-order valence-electron chi connectivity index (χ3n) is 3.07. The summed E-state index contributed by atoms with van der Waals surface area (Å²) in [5, 5.41) is 3.23. The normalized spacial score (nSPS) is 13.9. The van der Waals surface area contributed by atoms with Crippen molar-refractivity contribution < 1.29 is 13.2 Å². The van der Waals surface area contributed by atoms with Crippen LogP contribution < -0.4 is 5.32 Å². The second-order valence-electron chi connectivity index (χ2n) is 6.52. The highest BCUT2D eigenvalue weighted by Crippen LogP contribution is 2.19. The standard InChI is InChI=1S/C13H29NO3S/c1-12(2,3)18(15,16)10-8-14-11-13(4,5)7-9-17-6/h14H,7-11H2,1-6H3. The second-order valence-corrected chi connectivity index (χ2v) is 9.38. The molecule has 0 atom stereocenters. The first-order valence-corrected chi connectivity index (χ1v) is 8.09. The molecule has 110 valence electrons. The minimum atomic E-state index is -3.02. The number of ether oxygens (including phenoxy) is 1. The van der Waals surface area contributed by atoms with Gasteiger partial charge < -0.3 is 10.1 Å². The quantitative estimate of drug-likeness (QED) is 0.689. The monoisotopic (exact) mass is 279 g/mol. The molecule has 0 unspecified atom stereocenters. The molecule has 0 bridgehead atoms. The zero-order valence-corrected chi connectivity index (χ0v) is 13.5. The van der Waals surface area contributed by atoms with Crippen molar-refractivity contribution in [2.75, 3.05) is 32.6 Å². The fraction of sp³-hybridized carbons (Fsp3) is 1.00. The van der Waals surface area contributed by atoms with Gasteiger partial charge in [0.1, 0.15) is 0 Å². The first-order chi connectivity index (χ1) is 8.02. The number of hydrogen-bond acceptors (Lipinski definition) is 4. The van der Waals surface area contributed by atoms with E-state index in [4.69, 9.17) is 4.74 Å². The third-order valence-corrected chi connectivity index (χ3v) is 5.67. The van der Waals surface area contributed by atoms with Crippen molar-refractivity contribution in [1.82, 2.24) is 5.32 Å². The number of hydrogen-bond donors (Lipinski definition) is 1. The van der Waals surface area contributed by atoms with Gasteiger partial charge in [-0.15, -0.1) is 0 Å². The van der Waals surface area contributed by atoms with E-state index in [0.29, 0.717) is 6.54 Å². The molecule has 0 amide bonds. The van der Waals surface area contributed by atoms with Gasteiger partial charge in [0.25, 0.3) is 0 Å². The van der Waals surface area contributed by atoms with E-state index in [2.05, 4.69) is 19.2 Å². The second kappa shape index (κ2) is 6.87. The van der Waals surface area contributed by atoms with Gasteiger partial charge in [-0.05, 0) is 32.6 Å². The molecule has 0 aromatic heterocycles. The molecular weight excluding hydrogens is 250 g/mol. The molecule has 4 nitrogen and oxygen atoms in total. The summed E-state index contributed by atoms with van der Waals surface area (Å²) >= 11 is 0. The molecule has 0 radical (unpaired) electrons. The Balaban J connectivity index is 4.01. The van der Waals surface area contributed by atoms with E-state index in [1.807, 2.05) is 0 Å². The molecule has 5 heteroatoms. The lowest BCUT2D eigenvalue weighted by atomic mass is 9.90. The van der Waals surface area contributed by atoms with Crippen LogP contribution in [0.2, 0.25) is 0 Å².